The van der Waals surface area contributed by atoms with Gasteiger partial charge >= 0.3 is 17.9 Å². The quantitative estimate of drug-likeness (QED) is 0.0261. The van der Waals surface area contributed by atoms with Crippen molar-refractivity contribution in [2.45, 2.75) is 271 Å². The van der Waals surface area contributed by atoms with Crippen molar-refractivity contribution < 1.29 is 28.6 Å². The van der Waals surface area contributed by atoms with Crippen LogP contribution in [0.2, 0.25) is 0 Å². The second-order valence-corrected chi connectivity index (χ2v) is 19.5. The minimum Gasteiger partial charge on any atom is -0.462 e. The summed E-state index contributed by atoms with van der Waals surface area (Å²) in [5.74, 6) is -0.911. The maximum absolute atomic E-state index is 12.8. The molecule has 0 aromatic carbocycles. The number of carbonyl (C=O) groups excluding carboxylic acids is 3. The van der Waals surface area contributed by atoms with Crippen LogP contribution in [0, 0.1) is 0 Å². The lowest BCUT2D eigenvalue weighted by Crippen LogP contribution is -2.30. The van der Waals surface area contributed by atoms with E-state index in [2.05, 4.69) is 142 Å². The highest BCUT2D eigenvalue weighted by atomic mass is 16.6. The van der Waals surface area contributed by atoms with Crippen LogP contribution in [0.5, 0.6) is 0 Å². The van der Waals surface area contributed by atoms with E-state index in [1.807, 2.05) is 0 Å². The Balaban J connectivity index is 4.19. The van der Waals surface area contributed by atoms with Crippen LogP contribution in [-0.4, -0.2) is 37.2 Å². The molecule has 0 bridgehead atoms. The van der Waals surface area contributed by atoms with Gasteiger partial charge in [-0.25, -0.2) is 0 Å². The standard InChI is InChI=1S/C67H110O6/c1-4-7-10-13-16-18-20-22-24-26-28-29-30-31-32-33-34-35-36-37-39-40-42-44-46-48-51-54-57-60-66(69)72-63-64(62-71-65(68)59-56-53-50-15-12-9-6-3)73-67(70)61-58-55-52-49-47-45-43-41-38-27-25-23-21-19-17-14-11-8-5-2/h7-8,10-11,16-19,22-25,28-29,31-32,34-35,38,41,64H,4-6,9,12-15,20-21,26-27,30,33,36-37,39-40,42-63H2,1-3H3/b10-7-,11-8-,18-16-,19-17-,24-22-,25-23-,29-28-,32-31-,35-34-,41-38-. The average molecular weight is 1010 g/mol. The van der Waals surface area contributed by atoms with Gasteiger partial charge in [-0.3, -0.25) is 14.4 Å². The molecular weight excluding hydrogens is 901 g/mol. The summed E-state index contributed by atoms with van der Waals surface area (Å²) in [5.41, 5.74) is 0. The number of hydrogen-bond donors (Lipinski definition) is 0. The van der Waals surface area contributed by atoms with Gasteiger partial charge in [-0.2, -0.15) is 0 Å². The highest BCUT2D eigenvalue weighted by molar-refractivity contribution is 5.71. The molecule has 0 heterocycles. The Hall–Kier alpha value is -4.19. The van der Waals surface area contributed by atoms with E-state index in [1.54, 1.807) is 0 Å². The lowest BCUT2D eigenvalue weighted by atomic mass is 10.1. The zero-order chi connectivity index (χ0) is 52.9. The molecular formula is C67H110O6. The predicted molar refractivity (Wildman–Crippen MR) is 316 cm³/mol. The van der Waals surface area contributed by atoms with Crippen LogP contribution in [0.4, 0.5) is 0 Å². The second-order valence-electron chi connectivity index (χ2n) is 19.5. The summed E-state index contributed by atoms with van der Waals surface area (Å²) in [6.45, 7) is 6.36. The van der Waals surface area contributed by atoms with Gasteiger partial charge in [0.05, 0.1) is 0 Å². The Morgan fingerprint density at radius 3 is 0.836 bits per heavy atom. The van der Waals surface area contributed by atoms with Crippen LogP contribution >= 0.6 is 0 Å². The normalized spacial score (nSPS) is 13.0. The fourth-order valence-corrected chi connectivity index (χ4v) is 8.03. The summed E-state index contributed by atoms with van der Waals surface area (Å²) in [4.78, 5) is 38.0. The van der Waals surface area contributed by atoms with Gasteiger partial charge in [-0.05, 0) is 109 Å². The van der Waals surface area contributed by atoms with Crippen molar-refractivity contribution in [1.29, 1.82) is 0 Å². The van der Waals surface area contributed by atoms with Gasteiger partial charge in [0.1, 0.15) is 13.2 Å². The first-order valence-corrected chi connectivity index (χ1v) is 30.0. The number of allylic oxidation sites excluding steroid dienone is 20. The summed E-state index contributed by atoms with van der Waals surface area (Å²) in [6, 6.07) is 0. The first-order chi connectivity index (χ1) is 36.0. The van der Waals surface area contributed by atoms with Gasteiger partial charge in [-0.1, -0.05) is 258 Å². The monoisotopic (exact) mass is 1010 g/mol. The van der Waals surface area contributed by atoms with Gasteiger partial charge in [-0.15, -0.1) is 0 Å². The van der Waals surface area contributed by atoms with Crippen molar-refractivity contribution in [3.05, 3.63) is 122 Å². The van der Waals surface area contributed by atoms with E-state index in [9.17, 15) is 14.4 Å². The molecule has 0 aliphatic carbocycles. The molecule has 0 aromatic rings. The minimum atomic E-state index is -0.788. The number of hydrogen-bond acceptors (Lipinski definition) is 6. The van der Waals surface area contributed by atoms with E-state index in [4.69, 9.17) is 14.2 Å². The lowest BCUT2D eigenvalue weighted by molar-refractivity contribution is -0.167. The van der Waals surface area contributed by atoms with Crippen LogP contribution in [0.3, 0.4) is 0 Å². The molecule has 73 heavy (non-hydrogen) atoms. The third-order valence-electron chi connectivity index (χ3n) is 12.5. The molecule has 0 radical (unpaired) electrons. The molecule has 1 atom stereocenters. The van der Waals surface area contributed by atoms with Crippen molar-refractivity contribution in [2.24, 2.45) is 0 Å². The van der Waals surface area contributed by atoms with Gasteiger partial charge in [0.25, 0.3) is 0 Å². The van der Waals surface area contributed by atoms with E-state index in [-0.39, 0.29) is 31.1 Å². The molecule has 0 aliphatic heterocycles. The minimum absolute atomic E-state index is 0.0862. The van der Waals surface area contributed by atoms with Crippen LogP contribution in [0.25, 0.3) is 0 Å². The highest BCUT2D eigenvalue weighted by Gasteiger charge is 2.19. The van der Waals surface area contributed by atoms with Gasteiger partial charge < -0.3 is 14.2 Å². The summed E-state index contributed by atoms with van der Waals surface area (Å²) < 4.78 is 16.8. The van der Waals surface area contributed by atoms with Crippen LogP contribution in [-0.2, 0) is 28.6 Å². The Morgan fingerprint density at radius 2 is 0.534 bits per heavy atom. The van der Waals surface area contributed by atoms with Gasteiger partial charge in [0.2, 0.25) is 0 Å². The van der Waals surface area contributed by atoms with E-state index in [0.717, 1.165) is 135 Å². The Labute approximate surface area is 450 Å². The first-order valence-electron chi connectivity index (χ1n) is 30.0. The van der Waals surface area contributed by atoms with Crippen molar-refractivity contribution in [1.82, 2.24) is 0 Å². The lowest BCUT2D eigenvalue weighted by Gasteiger charge is -2.18. The summed E-state index contributed by atoms with van der Waals surface area (Å²) in [6.07, 6.45) is 83.6. The Morgan fingerprint density at radius 1 is 0.288 bits per heavy atom. The molecule has 0 saturated carbocycles. The maximum atomic E-state index is 12.8. The Kier molecular flexibility index (Phi) is 56.9. The molecule has 0 rings (SSSR count). The first kappa shape index (κ1) is 68.8. The highest BCUT2D eigenvalue weighted by Crippen LogP contribution is 2.15. The molecule has 0 saturated heterocycles. The fraction of sp³-hybridized carbons (Fsp3) is 0.657. The number of ether oxygens (including phenoxy) is 3. The smallest absolute Gasteiger partial charge is 0.306 e. The third kappa shape index (κ3) is 58.6. The number of carbonyl (C=O) groups is 3. The summed E-state index contributed by atoms with van der Waals surface area (Å²) in [7, 11) is 0. The zero-order valence-electron chi connectivity index (χ0n) is 47.4. The molecule has 0 amide bonds. The summed E-state index contributed by atoms with van der Waals surface area (Å²) in [5, 5.41) is 0. The van der Waals surface area contributed by atoms with Crippen molar-refractivity contribution in [2.75, 3.05) is 13.2 Å². The molecule has 1 unspecified atom stereocenters. The van der Waals surface area contributed by atoms with Gasteiger partial charge in [0.15, 0.2) is 6.10 Å². The molecule has 414 valence electrons. The number of esters is 3. The molecule has 0 spiro atoms. The number of unbranched alkanes of at least 4 members (excludes halogenated alkanes) is 22. The molecule has 0 aliphatic rings. The second kappa shape index (κ2) is 60.4. The largest absolute Gasteiger partial charge is 0.462 e. The van der Waals surface area contributed by atoms with Crippen molar-refractivity contribution >= 4 is 17.9 Å². The van der Waals surface area contributed by atoms with Crippen molar-refractivity contribution in [3.8, 4) is 0 Å². The van der Waals surface area contributed by atoms with Crippen LogP contribution < -0.4 is 0 Å². The molecule has 0 aromatic heterocycles. The van der Waals surface area contributed by atoms with Crippen LogP contribution in [0.1, 0.15) is 265 Å². The number of rotatable bonds is 53. The topological polar surface area (TPSA) is 78.9 Å². The van der Waals surface area contributed by atoms with Crippen molar-refractivity contribution in [3.63, 3.8) is 0 Å². The summed E-state index contributed by atoms with van der Waals surface area (Å²) >= 11 is 0. The zero-order valence-corrected chi connectivity index (χ0v) is 47.4. The predicted octanol–water partition coefficient (Wildman–Crippen LogP) is 20.4. The molecule has 0 N–H and O–H groups in total. The SMILES string of the molecule is CC/C=C\C/C=C\C/C=C\C/C=C\C/C=C\C/C=C\CCCCCCCCCCCCC(=O)OCC(COC(=O)CCCCCCCCC)OC(=O)CCCCCCCC/C=C\C/C=C\C/C=C\C/C=C\CC. The van der Waals surface area contributed by atoms with E-state index in [1.165, 1.54) is 89.9 Å². The fourth-order valence-electron chi connectivity index (χ4n) is 8.03. The maximum Gasteiger partial charge on any atom is 0.306 e. The Bertz CT molecular complexity index is 1540. The van der Waals surface area contributed by atoms with Crippen LogP contribution in [0.15, 0.2) is 122 Å². The molecule has 6 heteroatoms. The molecule has 0 fully saturated rings. The van der Waals surface area contributed by atoms with E-state index < -0.39 is 6.10 Å². The third-order valence-corrected chi connectivity index (χ3v) is 12.5. The van der Waals surface area contributed by atoms with E-state index >= 15 is 0 Å². The van der Waals surface area contributed by atoms with Gasteiger partial charge in [0, 0.05) is 19.3 Å². The van der Waals surface area contributed by atoms with E-state index in [0.29, 0.717) is 19.3 Å². The average Bonchev–Trinajstić information content (AvgIpc) is 3.39. The molecule has 6 nitrogen and oxygen atoms in total.